The number of Topliss-reactive ketones (excluding diaryl/α,β-unsaturated/α-hetero) is 1. The molecule has 2 aromatic carbocycles. The van der Waals surface area contributed by atoms with Gasteiger partial charge in [0.15, 0.2) is 17.3 Å². The average molecular weight is 415 g/mol. The number of carboxylic acid groups (broad SMARTS) is 1. The summed E-state index contributed by atoms with van der Waals surface area (Å²) in [7, 11) is 0. The third kappa shape index (κ3) is 5.91. The fourth-order valence-corrected chi connectivity index (χ4v) is 2.75. The summed E-state index contributed by atoms with van der Waals surface area (Å²) in [6.07, 6.45) is 0.311. The number of hydrogen-bond donors (Lipinski definition) is 3. The van der Waals surface area contributed by atoms with Gasteiger partial charge in [0.2, 0.25) is 0 Å². The molecule has 0 fully saturated rings. The maximum atomic E-state index is 13.9. The zero-order valence-electron chi connectivity index (χ0n) is 16.7. The summed E-state index contributed by atoms with van der Waals surface area (Å²) in [5, 5.41) is 20.9. The van der Waals surface area contributed by atoms with Gasteiger partial charge in [-0.3, -0.25) is 10.1 Å². The van der Waals surface area contributed by atoms with Crippen molar-refractivity contribution >= 4 is 23.5 Å². The fraction of sp³-hybridized carbons (Fsp3) is 0.227. The van der Waals surface area contributed by atoms with Gasteiger partial charge >= 0.3 is 12.1 Å². The van der Waals surface area contributed by atoms with Gasteiger partial charge in [-0.1, -0.05) is 26.0 Å². The first kappa shape index (κ1) is 22.6. The van der Waals surface area contributed by atoms with Crippen LogP contribution in [0, 0.1) is 11.2 Å². The molecule has 0 bridgehead atoms. The molecule has 158 valence electrons. The van der Waals surface area contributed by atoms with Crippen molar-refractivity contribution in [2.75, 3.05) is 5.32 Å². The molecule has 0 unspecified atom stereocenters. The number of aliphatic carboxylic acids is 1. The van der Waals surface area contributed by atoms with Crippen molar-refractivity contribution < 1.29 is 33.7 Å². The Hall–Kier alpha value is -3.68. The van der Waals surface area contributed by atoms with Gasteiger partial charge in [0.1, 0.15) is 6.10 Å². The zero-order valence-corrected chi connectivity index (χ0v) is 16.7. The Balaban J connectivity index is 2.29. The molecule has 3 N–H and O–H groups in total. The molecule has 30 heavy (non-hydrogen) atoms. The second-order valence-electron chi connectivity index (χ2n) is 7.25. The topological polar surface area (TPSA) is 113 Å². The van der Waals surface area contributed by atoms with Crippen molar-refractivity contribution in [2.45, 2.75) is 26.9 Å². The van der Waals surface area contributed by atoms with E-state index in [2.05, 4.69) is 5.32 Å². The van der Waals surface area contributed by atoms with E-state index in [9.17, 15) is 23.9 Å². The summed E-state index contributed by atoms with van der Waals surface area (Å²) in [6.45, 7) is 4.67. The molecule has 0 radical (unpaired) electrons. The number of carboxylic acids is 1. The largest absolute Gasteiger partial charge is 0.505 e. The molecule has 2 aromatic rings. The first-order valence-corrected chi connectivity index (χ1v) is 8.99. The van der Waals surface area contributed by atoms with E-state index >= 15 is 0 Å². The van der Waals surface area contributed by atoms with Crippen molar-refractivity contribution in [2.24, 2.45) is 5.41 Å². The van der Waals surface area contributed by atoms with Crippen molar-refractivity contribution in [1.29, 1.82) is 0 Å². The zero-order chi connectivity index (χ0) is 22.5. The van der Waals surface area contributed by atoms with Gasteiger partial charge in [-0.2, -0.15) is 0 Å². The first-order valence-electron chi connectivity index (χ1n) is 8.99. The number of carbonyl (C=O) groups excluding carboxylic acids is 2. The molecule has 8 heteroatoms. The van der Waals surface area contributed by atoms with Crippen molar-refractivity contribution in [3.8, 4) is 5.75 Å². The Morgan fingerprint density at radius 2 is 1.77 bits per heavy atom. The molecule has 0 aliphatic carbocycles. The van der Waals surface area contributed by atoms with E-state index in [-0.39, 0.29) is 11.3 Å². The minimum Gasteiger partial charge on any atom is -0.505 e. The van der Waals surface area contributed by atoms with Gasteiger partial charge < -0.3 is 14.9 Å². The summed E-state index contributed by atoms with van der Waals surface area (Å²) >= 11 is 0. The molecule has 0 saturated heterocycles. The molecule has 2 rings (SSSR count). The van der Waals surface area contributed by atoms with E-state index in [0.717, 1.165) is 18.2 Å². The lowest BCUT2D eigenvalue weighted by atomic mass is 9.82. The van der Waals surface area contributed by atoms with E-state index < -0.39 is 35.1 Å². The SMILES string of the molecule is CC(=O)c1ccc(NC(=O)O[C@@H](c2ccc(O)c(F)c2)C(C)(C)/C=C/C(=O)O)cc1. The Bertz CT molecular complexity index is 982. The second-order valence-corrected chi connectivity index (χ2v) is 7.25. The molecule has 1 atom stereocenters. The maximum absolute atomic E-state index is 13.9. The molecule has 0 spiro atoms. The summed E-state index contributed by atoms with van der Waals surface area (Å²) in [5.41, 5.74) is 0.0516. The monoisotopic (exact) mass is 415 g/mol. The number of halogens is 1. The van der Waals surface area contributed by atoms with E-state index in [1.165, 1.54) is 31.2 Å². The minimum absolute atomic E-state index is 0.120. The van der Waals surface area contributed by atoms with Crippen molar-refractivity contribution in [3.05, 3.63) is 71.6 Å². The third-order valence-electron chi connectivity index (χ3n) is 4.37. The average Bonchev–Trinajstić information content (AvgIpc) is 2.67. The highest BCUT2D eigenvalue weighted by Gasteiger charge is 2.33. The number of benzene rings is 2. The number of carbonyl (C=O) groups is 3. The van der Waals surface area contributed by atoms with Crippen LogP contribution in [0.15, 0.2) is 54.6 Å². The van der Waals surface area contributed by atoms with Gasteiger partial charge in [-0.15, -0.1) is 0 Å². The lowest BCUT2D eigenvalue weighted by Crippen LogP contribution is -2.28. The molecule has 7 nitrogen and oxygen atoms in total. The standard InChI is InChI=1S/C22H22FNO6/c1-13(25)14-4-7-16(8-5-14)24-21(29)30-20(22(2,3)11-10-19(27)28)15-6-9-18(26)17(23)12-15/h4-12,20,26H,1-3H3,(H,24,29)(H,27,28)/b11-10+/t20-/m0/s1. The fourth-order valence-electron chi connectivity index (χ4n) is 2.75. The van der Waals surface area contributed by atoms with Crippen LogP contribution in [0.1, 0.15) is 42.8 Å². The van der Waals surface area contributed by atoms with Crippen molar-refractivity contribution in [3.63, 3.8) is 0 Å². The molecule has 0 aliphatic rings. The van der Waals surface area contributed by atoms with Gasteiger partial charge in [-0.25, -0.2) is 14.0 Å². The van der Waals surface area contributed by atoms with Gasteiger partial charge in [0.05, 0.1) is 0 Å². The minimum atomic E-state index is -1.19. The van der Waals surface area contributed by atoms with Crippen molar-refractivity contribution in [1.82, 2.24) is 0 Å². The second kappa shape index (κ2) is 9.21. The number of phenols is 1. The number of nitrogens with one attached hydrogen (secondary N) is 1. The Morgan fingerprint density at radius 3 is 2.30 bits per heavy atom. The molecule has 0 aromatic heterocycles. The number of rotatable bonds is 7. The van der Waals surface area contributed by atoms with Crippen LogP contribution in [0.25, 0.3) is 0 Å². The normalized spacial score (nSPS) is 12.4. The number of hydrogen-bond acceptors (Lipinski definition) is 5. The van der Waals surface area contributed by atoms with Gasteiger partial charge in [0, 0.05) is 22.7 Å². The quantitative estimate of drug-likeness (QED) is 0.447. The maximum Gasteiger partial charge on any atom is 0.412 e. The van der Waals surface area contributed by atoms with Crippen LogP contribution < -0.4 is 5.32 Å². The summed E-state index contributed by atoms with van der Waals surface area (Å²) < 4.78 is 19.4. The highest BCUT2D eigenvalue weighted by Crippen LogP contribution is 2.39. The highest BCUT2D eigenvalue weighted by atomic mass is 19.1. The predicted molar refractivity (Wildman–Crippen MR) is 108 cm³/mol. The number of amides is 1. The van der Waals surface area contributed by atoms with Crippen LogP contribution in [0.5, 0.6) is 5.75 Å². The van der Waals surface area contributed by atoms with Gasteiger partial charge in [-0.05, 0) is 48.9 Å². The molecular weight excluding hydrogens is 393 g/mol. The number of aromatic hydroxyl groups is 1. The summed E-state index contributed by atoms with van der Waals surface area (Å²) in [5.74, 6) is -2.77. The molecule has 0 aliphatic heterocycles. The molecule has 1 amide bonds. The number of ether oxygens (including phenoxy) is 1. The van der Waals surface area contributed by atoms with E-state index in [1.807, 2.05) is 0 Å². The number of anilines is 1. The van der Waals surface area contributed by atoms with E-state index in [4.69, 9.17) is 9.84 Å². The third-order valence-corrected chi connectivity index (χ3v) is 4.37. The smallest absolute Gasteiger partial charge is 0.412 e. The van der Waals surface area contributed by atoms with Gasteiger partial charge in [0.25, 0.3) is 0 Å². The van der Waals surface area contributed by atoms with Crippen LogP contribution in [0.4, 0.5) is 14.9 Å². The summed E-state index contributed by atoms with van der Waals surface area (Å²) in [4.78, 5) is 34.7. The van der Waals surface area contributed by atoms with Crippen LogP contribution in [0.2, 0.25) is 0 Å². The Labute approximate surface area is 172 Å². The summed E-state index contributed by atoms with van der Waals surface area (Å²) in [6, 6.07) is 9.68. The number of ketones is 1. The Morgan fingerprint density at radius 1 is 1.13 bits per heavy atom. The number of phenolic OH excluding ortho intramolecular Hbond substituents is 1. The van der Waals surface area contributed by atoms with Crippen LogP contribution in [-0.2, 0) is 9.53 Å². The van der Waals surface area contributed by atoms with Crippen LogP contribution in [0.3, 0.4) is 0 Å². The van der Waals surface area contributed by atoms with E-state index in [1.54, 1.807) is 26.0 Å². The van der Waals surface area contributed by atoms with E-state index in [0.29, 0.717) is 11.3 Å². The first-order chi connectivity index (χ1) is 14.0. The highest BCUT2D eigenvalue weighted by molar-refractivity contribution is 5.95. The Kier molecular flexibility index (Phi) is 6.94. The van der Waals surface area contributed by atoms with Crippen LogP contribution in [-0.4, -0.2) is 28.1 Å². The molecule has 0 heterocycles. The van der Waals surface area contributed by atoms with Crippen LogP contribution >= 0.6 is 0 Å². The molecular formula is C22H22FNO6. The lowest BCUT2D eigenvalue weighted by Gasteiger charge is -2.31. The molecule has 0 saturated carbocycles. The lowest BCUT2D eigenvalue weighted by molar-refractivity contribution is -0.131. The predicted octanol–water partition coefficient (Wildman–Crippen LogP) is 4.69.